The van der Waals surface area contributed by atoms with Crippen LogP contribution in [0.4, 0.5) is 0 Å². The van der Waals surface area contributed by atoms with Crippen LogP contribution in [-0.4, -0.2) is 40.4 Å². The van der Waals surface area contributed by atoms with E-state index < -0.39 is 0 Å². The van der Waals surface area contributed by atoms with E-state index in [1.807, 2.05) is 19.3 Å². The van der Waals surface area contributed by atoms with E-state index in [1.165, 1.54) is 16.8 Å². The van der Waals surface area contributed by atoms with Crippen LogP contribution in [0.25, 0.3) is 0 Å². The standard InChI is InChI=1S/C19H28N6.HI/c1-14(2)25-13-16-6-7-17(11-18(16)24-25)23-19(20-3)22-10-8-15-5-4-9-21-12-15;/h4-5,9,12-14,17H,6-8,10-11H2,1-3H3,(H2,20,22,23);1H. The summed E-state index contributed by atoms with van der Waals surface area (Å²) in [4.78, 5) is 8.51. The molecule has 0 aromatic carbocycles. The Kier molecular flexibility index (Phi) is 7.86. The van der Waals surface area contributed by atoms with Crippen molar-refractivity contribution < 1.29 is 0 Å². The number of aliphatic imine (C=N–C) groups is 1. The summed E-state index contributed by atoms with van der Waals surface area (Å²) in [6, 6.07) is 4.86. The maximum atomic E-state index is 4.74. The van der Waals surface area contributed by atoms with Crippen LogP contribution < -0.4 is 10.6 Å². The van der Waals surface area contributed by atoms with Gasteiger partial charge < -0.3 is 10.6 Å². The summed E-state index contributed by atoms with van der Waals surface area (Å²) < 4.78 is 2.08. The number of aromatic nitrogens is 3. The number of halogens is 1. The Balaban J connectivity index is 0.00000243. The highest BCUT2D eigenvalue weighted by Gasteiger charge is 2.22. The van der Waals surface area contributed by atoms with Gasteiger partial charge in [-0.05, 0) is 50.3 Å². The Bertz CT molecular complexity index is 710. The van der Waals surface area contributed by atoms with Gasteiger partial charge in [-0.15, -0.1) is 24.0 Å². The molecule has 0 spiro atoms. The van der Waals surface area contributed by atoms with Crippen molar-refractivity contribution in [3.05, 3.63) is 47.5 Å². The third kappa shape index (κ3) is 5.43. The number of fused-ring (bicyclic) bond motifs is 1. The molecule has 0 aliphatic heterocycles. The minimum Gasteiger partial charge on any atom is -0.356 e. The van der Waals surface area contributed by atoms with E-state index in [0.29, 0.717) is 12.1 Å². The Morgan fingerprint density at radius 1 is 1.42 bits per heavy atom. The van der Waals surface area contributed by atoms with Gasteiger partial charge in [0, 0.05) is 50.7 Å². The van der Waals surface area contributed by atoms with Crippen LogP contribution in [0.5, 0.6) is 0 Å². The van der Waals surface area contributed by atoms with Crippen molar-refractivity contribution in [3.8, 4) is 0 Å². The SMILES string of the molecule is CN=C(NCCc1cccnc1)NC1CCc2cn(C(C)C)nc2C1.I. The lowest BCUT2D eigenvalue weighted by molar-refractivity contribution is 0.499. The number of rotatable bonds is 5. The third-order valence-electron chi connectivity index (χ3n) is 4.62. The first kappa shape index (κ1) is 20.7. The van der Waals surface area contributed by atoms with Gasteiger partial charge in [-0.2, -0.15) is 5.10 Å². The fourth-order valence-corrected chi connectivity index (χ4v) is 3.16. The molecule has 2 aromatic rings. The number of hydrogen-bond donors (Lipinski definition) is 2. The summed E-state index contributed by atoms with van der Waals surface area (Å²) in [5, 5.41) is 11.7. The van der Waals surface area contributed by atoms with Crippen molar-refractivity contribution in [2.75, 3.05) is 13.6 Å². The highest BCUT2D eigenvalue weighted by Crippen LogP contribution is 2.21. The highest BCUT2D eigenvalue weighted by molar-refractivity contribution is 14.0. The normalized spacial score (nSPS) is 16.8. The average molecular weight is 468 g/mol. The molecule has 0 amide bonds. The van der Waals surface area contributed by atoms with E-state index in [0.717, 1.165) is 38.2 Å². The molecule has 2 aromatic heterocycles. The summed E-state index contributed by atoms with van der Waals surface area (Å²) in [5.41, 5.74) is 3.85. The fourth-order valence-electron chi connectivity index (χ4n) is 3.16. The minimum absolute atomic E-state index is 0. The molecule has 2 N–H and O–H groups in total. The molecule has 0 fully saturated rings. The number of aryl methyl sites for hydroxylation is 1. The Labute approximate surface area is 172 Å². The summed E-state index contributed by atoms with van der Waals surface area (Å²) in [7, 11) is 1.82. The molecule has 26 heavy (non-hydrogen) atoms. The molecule has 1 atom stereocenters. The molecule has 1 aliphatic carbocycles. The first-order valence-electron chi connectivity index (χ1n) is 9.08. The zero-order chi connectivity index (χ0) is 17.6. The van der Waals surface area contributed by atoms with Crippen LogP contribution >= 0.6 is 24.0 Å². The van der Waals surface area contributed by atoms with Gasteiger partial charge in [0.05, 0.1) is 5.69 Å². The van der Waals surface area contributed by atoms with E-state index >= 15 is 0 Å². The van der Waals surface area contributed by atoms with Crippen LogP contribution in [0.15, 0.2) is 35.7 Å². The lowest BCUT2D eigenvalue weighted by atomic mass is 9.94. The predicted octanol–water partition coefficient (Wildman–Crippen LogP) is 2.74. The van der Waals surface area contributed by atoms with Crippen molar-refractivity contribution >= 4 is 29.9 Å². The second kappa shape index (κ2) is 9.89. The average Bonchev–Trinajstić information content (AvgIpc) is 3.05. The first-order chi connectivity index (χ1) is 12.2. The monoisotopic (exact) mass is 468 g/mol. The summed E-state index contributed by atoms with van der Waals surface area (Å²) in [5.74, 6) is 0.862. The summed E-state index contributed by atoms with van der Waals surface area (Å²) in [6.07, 6.45) is 9.99. The highest BCUT2D eigenvalue weighted by atomic mass is 127. The van der Waals surface area contributed by atoms with Crippen molar-refractivity contribution in [1.29, 1.82) is 0 Å². The van der Waals surface area contributed by atoms with Crippen molar-refractivity contribution in [1.82, 2.24) is 25.4 Å². The summed E-state index contributed by atoms with van der Waals surface area (Å²) in [6.45, 7) is 5.18. The van der Waals surface area contributed by atoms with Gasteiger partial charge in [0.2, 0.25) is 0 Å². The Morgan fingerprint density at radius 2 is 2.27 bits per heavy atom. The minimum atomic E-state index is 0. The molecule has 7 heteroatoms. The maximum absolute atomic E-state index is 4.74. The zero-order valence-corrected chi connectivity index (χ0v) is 18.1. The van der Waals surface area contributed by atoms with E-state index in [1.54, 1.807) is 6.20 Å². The number of pyridine rings is 1. The molecule has 6 nitrogen and oxygen atoms in total. The van der Waals surface area contributed by atoms with Crippen molar-refractivity contribution in [3.63, 3.8) is 0 Å². The van der Waals surface area contributed by atoms with Gasteiger partial charge in [0.15, 0.2) is 5.96 Å². The lowest BCUT2D eigenvalue weighted by Gasteiger charge is -2.24. The van der Waals surface area contributed by atoms with Gasteiger partial charge in [0.1, 0.15) is 0 Å². The first-order valence-corrected chi connectivity index (χ1v) is 9.08. The molecule has 0 bridgehead atoms. The number of nitrogens with zero attached hydrogens (tertiary/aromatic N) is 4. The fraction of sp³-hybridized carbons (Fsp3) is 0.526. The van der Waals surface area contributed by atoms with E-state index in [2.05, 4.69) is 51.4 Å². The molecular weight excluding hydrogens is 439 g/mol. The second-order valence-electron chi connectivity index (χ2n) is 6.87. The maximum Gasteiger partial charge on any atom is 0.191 e. The van der Waals surface area contributed by atoms with Gasteiger partial charge in [-0.25, -0.2) is 0 Å². The molecule has 1 aliphatic rings. The van der Waals surface area contributed by atoms with Crippen LogP contribution in [-0.2, 0) is 19.3 Å². The molecule has 1 unspecified atom stereocenters. The van der Waals surface area contributed by atoms with Crippen LogP contribution in [0.3, 0.4) is 0 Å². The Hall–Kier alpha value is -1.64. The van der Waals surface area contributed by atoms with Crippen LogP contribution in [0, 0.1) is 0 Å². The Morgan fingerprint density at radius 3 is 2.96 bits per heavy atom. The zero-order valence-electron chi connectivity index (χ0n) is 15.8. The second-order valence-corrected chi connectivity index (χ2v) is 6.87. The van der Waals surface area contributed by atoms with Crippen molar-refractivity contribution in [2.24, 2.45) is 4.99 Å². The lowest BCUT2D eigenvalue weighted by Crippen LogP contribution is -2.46. The van der Waals surface area contributed by atoms with Crippen LogP contribution in [0.2, 0.25) is 0 Å². The quantitative estimate of drug-likeness (QED) is 0.403. The number of guanidine groups is 1. The van der Waals surface area contributed by atoms with Gasteiger partial charge >= 0.3 is 0 Å². The topological polar surface area (TPSA) is 67.1 Å². The molecule has 2 heterocycles. The molecule has 0 saturated heterocycles. The molecule has 0 radical (unpaired) electrons. The number of hydrogen-bond acceptors (Lipinski definition) is 3. The van der Waals surface area contributed by atoms with Gasteiger partial charge in [-0.1, -0.05) is 6.07 Å². The van der Waals surface area contributed by atoms with Gasteiger partial charge in [0.25, 0.3) is 0 Å². The molecule has 3 rings (SSSR count). The third-order valence-corrected chi connectivity index (χ3v) is 4.62. The van der Waals surface area contributed by atoms with E-state index in [-0.39, 0.29) is 24.0 Å². The predicted molar refractivity (Wildman–Crippen MR) is 116 cm³/mol. The largest absolute Gasteiger partial charge is 0.356 e. The smallest absolute Gasteiger partial charge is 0.191 e. The molecule has 142 valence electrons. The molecular formula is C19H29IN6. The van der Waals surface area contributed by atoms with Crippen LogP contribution in [0.1, 0.15) is 43.1 Å². The van der Waals surface area contributed by atoms with Gasteiger partial charge in [-0.3, -0.25) is 14.7 Å². The number of nitrogens with one attached hydrogen (secondary N) is 2. The van der Waals surface area contributed by atoms with E-state index in [4.69, 9.17) is 5.10 Å². The summed E-state index contributed by atoms with van der Waals surface area (Å²) >= 11 is 0. The van der Waals surface area contributed by atoms with E-state index in [9.17, 15) is 0 Å². The van der Waals surface area contributed by atoms with Crippen molar-refractivity contribution in [2.45, 2.75) is 51.6 Å². The molecule has 0 saturated carbocycles.